The zero-order valence-corrected chi connectivity index (χ0v) is 13.9. The Kier molecular flexibility index (Phi) is 8.64. The summed E-state index contributed by atoms with van der Waals surface area (Å²) in [5, 5.41) is 17.9. The van der Waals surface area contributed by atoms with E-state index in [1.807, 2.05) is 0 Å². The third kappa shape index (κ3) is 8.17. The number of hydrogen-bond acceptors (Lipinski definition) is 5. The molecule has 0 radical (unpaired) electrons. The van der Waals surface area contributed by atoms with Gasteiger partial charge in [-0.3, -0.25) is 0 Å². The lowest BCUT2D eigenvalue weighted by Gasteiger charge is -2.22. The fourth-order valence-corrected chi connectivity index (χ4v) is 2.25. The van der Waals surface area contributed by atoms with Crippen molar-refractivity contribution in [3.8, 4) is 0 Å². The second kappa shape index (κ2) is 9.68. The van der Waals surface area contributed by atoms with Crippen LogP contribution in [-0.2, 0) is 0 Å². The van der Waals surface area contributed by atoms with E-state index in [0.29, 0.717) is 30.2 Å². The van der Waals surface area contributed by atoms with Crippen LogP contribution >= 0.6 is 0 Å². The van der Waals surface area contributed by atoms with Crippen LogP contribution in [0, 0.1) is 0 Å². The summed E-state index contributed by atoms with van der Waals surface area (Å²) >= 11 is 0. The summed E-state index contributed by atoms with van der Waals surface area (Å²) in [7, 11) is 0. The fraction of sp³-hybridized carbons (Fsp3) is 1.00. The third-order valence-corrected chi connectivity index (χ3v) is 3.86. The summed E-state index contributed by atoms with van der Waals surface area (Å²) < 4.78 is 0. The van der Waals surface area contributed by atoms with Crippen molar-refractivity contribution in [3.05, 3.63) is 0 Å². The van der Waals surface area contributed by atoms with Crippen molar-refractivity contribution in [2.24, 2.45) is 0 Å². The molecule has 0 aliphatic carbocycles. The Morgan fingerprint density at radius 1 is 0.400 bits per heavy atom. The van der Waals surface area contributed by atoms with E-state index < -0.39 is 0 Å². The highest BCUT2D eigenvalue weighted by molar-refractivity contribution is 4.77. The van der Waals surface area contributed by atoms with Crippen molar-refractivity contribution in [1.29, 1.82) is 0 Å². The SMILES string of the molecule is C[C@@H]1CN[C@@H](C)CN[C@H](C)CN[C@@H](C)CN[C@@H](C)CN1. The van der Waals surface area contributed by atoms with E-state index in [1.165, 1.54) is 0 Å². The van der Waals surface area contributed by atoms with Gasteiger partial charge in [-0.05, 0) is 34.6 Å². The number of hydrogen-bond donors (Lipinski definition) is 5. The molecule has 1 fully saturated rings. The van der Waals surface area contributed by atoms with E-state index in [2.05, 4.69) is 61.2 Å². The number of nitrogens with one attached hydrogen (secondary N) is 5. The molecule has 5 N–H and O–H groups in total. The summed E-state index contributed by atoms with van der Waals surface area (Å²) in [6, 6.07) is 2.50. The van der Waals surface area contributed by atoms with E-state index >= 15 is 0 Å². The van der Waals surface area contributed by atoms with Gasteiger partial charge in [-0.1, -0.05) is 0 Å². The van der Waals surface area contributed by atoms with Crippen LogP contribution in [0.3, 0.4) is 0 Å². The molecule has 0 bridgehead atoms. The lowest BCUT2D eigenvalue weighted by Crippen LogP contribution is -2.47. The van der Waals surface area contributed by atoms with Gasteiger partial charge in [0.1, 0.15) is 0 Å². The minimum Gasteiger partial charge on any atom is -0.311 e. The molecule has 0 aromatic carbocycles. The van der Waals surface area contributed by atoms with Gasteiger partial charge in [-0.15, -0.1) is 0 Å². The second-order valence-electron chi connectivity index (χ2n) is 6.55. The minimum absolute atomic E-state index is 0.500. The Hall–Kier alpha value is -0.200. The highest BCUT2D eigenvalue weighted by Crippen LogP contribution is 1.90. The molecule has 1 saturated heterocycles. The predicted octanol–water partition coefficient (Wildman–Crippen LogP) is -0.109. The lowest BCUT2D eigenvalue weighted by molar-refractivity contribution is 0.416. The Balaban J connectivity index is 2.45. The molecule has 20 heavy (non-hydrogen) atoms. The molecule has 1 aliphatic rings. The summed E-state index contributed by atoms with van der Waals surface area (Å²) in [4.78, 5) is 0. The molecule has 0 spiro atoms. The summed E-state index contributed by atoms with van der Waals surface area (Å²) in [6.45, 7) is 16.3. The first-order chi connectivity index (χ1) is 9.47. The lowest BCUT2D eigenvalue weighted by atomic mass is 10.2. The minimum atomic E-state index is 0.500. The van der Waals surface area contributed by atoms with Gasteiger partial charge in [0.2, 0.25) is 0 Å². The van der Waals surface area contributed by atoms with Gasteiger partial charge >= 0.3 is 0 Å². The van der Waals surface area contributed by atoms with Gasteiger partial charge < -0.3 is 26.6 Å². The van der Waals surface area contributed by atoms with Gasteiger partial charge in [-0.2, -0.15) is 0 Å². The van der Waals surface area contributed by atoms with Crippen LogP contribution in [-0.4, -0.2) is 62.9 Å². The van der Waals surface area contributed by atoms with Crippen LogP contribution in [0.4, 0.5) is 0 Å². The third-order valence-electron chi connectivity index (χ3n) is 3.86. The zero-order valence-electron chi connectivity index (χ0n) is 13.9. The average molecular weight is 285 g/mol. The van der Waals surface area contributed by atoms with Crippen molar-refractivity contribution in [3.63, 3.8) is 0 Å². The first kappa shape index (κ1) is 17.9. The molecule has 5 atom stereocenters. The van der Waals surface area contributed by atoms with Crippen LogP contribution < -0.4 is 26.6 Å². The Labute approximate surface area is 125 Å². The molecule has 0 unspecified atom stereocenters. The maximum Gasteiger partial charge on any atom is 0.0164 e. The predicted molar refractivity (Wildman–Crippen MR) is 87.3 cm³/mol. The van der Waals surface area contributed by atoms with Gasteiger partial charge in [0.15, 0.2) is 0 Å². The molecule has 1 rings (SSSR count). The maximum absolute atomic E-state index is 3.58. The molecule has 1 aliphatic heterocycles. The Bertz CT molecular complexity index is 170. The molecule has 5 nitrogen and oxygen atoms in total. The molecule has 1 heterocycles. The monoisotopic (exact) mass is 285 g/mol. The maximum atomic E-state index is 3.58. The summed E-state index contributed by atoms with van der Waals surface area (Å²) in [5.41, 5.74) is 0. The fourth-order valence-electron chi connectivity index (χ4n) is 2.25. The van der Waals surface area contributed by atoms with Crippen molar-refractivity contribution >= 4 is 0 Å². The van der Waals surface area contributed by atoms with Gasteiger partial charge in [-0.25, -0.2) is 0 Å². The molecule has 0 aromatic heterocycles. The molecule has 120 valence electrons. The van der Waals surface area contributed by atoms with Gasteiger partial charge in [0.05, 0.1) is 0 Å². The highest BCUT2D eigenvalue weighted by atomic mass is 15.1. The van der Waals surface area contributed by atoms with Crippen LogP contribution in [0.25, 0.3) is 0 Å². The smallest absolute Gasteiger partial charge is 0.0164 e. The van der Waals surface area contributed by atoms with Crippen molar-refractivity contribution in [2.75, 3.05) is 32.7 Å². The molecular weight excluding hydrogens is 250 g/mol. The van der Waals surface area contributed by atoms with E-state index in [4.69, 9.17) is 0 Å². The van der Waals surface area contributed by atoms with E-state index in [1.54, 1.807) is 0 Å². The highest BCUT2D eigenvalue weighted by Gasteiger charge is 2.11. The van der Waals surface area contributed by atoms with E-state index in [0.717, 1.165) is 32.7 Å². The van der Waals surface area contributed by atoms with Gasteiger partial charge in [0.25, 0.3) is 0 Å². The normalized spacial score (nSPS) is 39.8. The molecule has 5 heteroatoms. The summed E-state index contributed by atoms with van der Waals surface area (Å²) in [5.74, 6) is 0. The first-order valence-corrected chi connectivity index (χ1v) is 8.14. The number of rotatable bonds is 0. The molecule has 0 saturated carbocycles. The quantitative estimate of drug-likeness (QED) is 0.430. The second-order valence-corrected chi connectivity index (χ2v) is 6.55. The van der Waals surface area contributed by atoms with Crippen molar-refractivity contribution in [1.82, 2.24) is 26.6 Å². The Morgan fingerprint density at radius 2 is 0.550 bits per heavy atom. The van der Waals surface area contributed by atoms with Crippen LogP contribution in [0.15, 0.2) is 0 Å². The van der Waals surface area contributed by atoms with Crippen LogP contribution in [0.1, 0.15) is 34.6 Å². The van der Waals surface area contributed by atoms with E-state index in [-0.39, 0.29) is 0 Å². The van der Waals surface area contributed by atoms with Gasteiger partial charge in [0, 0.05) is 62.9 Å². The largest absolute Gasteiger partial charge is 0.311 e. The molecule has 0 amide bonds. The zero-order chi connectivity index (χ0) is 15.0. The molecular formula is C15H35N5. The average Bonchev–Trinajstić information content (AvgIpc) is 2.43. The van der Waals surface area contributed by atoms with Crippen molar-refractivity contribution < 1.29 is 0 Å². The molecule has 0 aromatic rings. The van der Waals surface area contributed by atoms with Crippen LogP contribution in [0.5, 0.6) is 0 Å². The van der Waals surface area contributed by atoms with Crippen LogP contribution in [0.2, 0.25) is 0 Å². The Morgan fingerprint density at radius 3 is 0.700 bits per heavy atom. The summed E-state index contributed by atoms with van der Waals surface area (Å²) in [6.07, 6.45) is 0. The topological polar surface area (TPSA) is 60.1 Å². The van der Waals surface area contributed by atoms with Crippen molar-refractivity contribution in [2.45, 2.75) is 64.8 Å². The van der Waals surface area contributed by atoms with E-state index in [9.17, 15) is 0 Å². The standard InChI is InChI=1S/C15H35N5/c1-11-6-17-13(3)8-19-15(5)10-20-14(4)9-18-12(2)7-16-11/h11-20H,6-10H2,1-5H3/t11-,12-,13+,14+,15-/m0/s1. The first-order valence-electron chi connectivity index (χ1n) is 8.14.